The van der Waals surface area contributed by atoms with Crippen molar-refractivity contribution in [3.63, 3.8) is 0 Å². The molecule has 23 heavy (non-hydrogen) atoms. The molecule has 1 aliphatic heterocycles. The van der Waals surface area contributed by atoms with Crippen LogP contribution in [0, 0.1) is 5.92 Å². The van der Waals surface area contributed by atoms with Crippen molar-refractivity contribution >= 4 is 17.4 Å². The van der Waals surface area contributed by atoms with E-state index in [1.165, 1.54) is 12.8 Å². The average molecular weight is 331 g/mol. The van der Waals surface area contributed by atoms with Gasteiger partial charge in [-0.1, -0.05) is 0 Å². The normalized spacial score (nSPS) is 22.8. The summed E-state index contributed by atoms with van der Waals surface area (Å²) in [5, 5.41) is 13.2. The van der Waals surface area contributed by atoms with Gasteiger partial charge < -0.3 is 10.2 Å². The number of amides is 2. The van der Waals surface area contributed by atoms with Gasteiger partial charge in [0.1, 0.15) is 5.01 Å². The molecule has 1 saturated carbocycles. The molecule has 0 bridgehead atoms. The smallest absolute Gasteiger partial charge is 0.318 e. The third-order valence-electron chi connectivity index (χ3n) is 4.76. The fourth-order valence-electron chi connectivity index (χ4n) is 3.38. The molecular formula is C16H21N5OS. The molecular weight excluding hydrogens is 310 g/mol. The first-order chi connectivity index (χ1) is 11.3. The second kappa shape index (κ2) is 6.31. The zero-order chi connectivity index (χ0) is 15.6. The van der Waals surface area contributed by atoms with Gasteiger partial charge in [0.15, 0.2) is 0 Å². The zero-order valence-electron chi connectivity index (χ0n) is 12.9. The molecule has 0 unspecified atom stereocenters. The standard InChI is InChI=1S/C16H21N5OS/c22-16(20-14(11-4-5-11)15-17-6-8-23-15)21-7-2-1-3-13(21)12-9-18-19-10-12/h6,8-11,13-14H,1-5,7H2,(H,18,19)(H,20,22)/t13-,14+/m0/s1. The van der Waals surface area contributed by atoms with Gasteiger partial charge in [-0.2, -0.15) is 5.10 Å². The number of urea groups is 1. The maximum Gasteiger partial charge on any atom is 0.318 e. The SMILES string of the molecule is O=C(N[C@@H](c1nccs1)C1CC1)N1CCCC[C@H]1c1cn[nH]c1. The highest BCUT2D eigenvalue weighted by molar-refractivity contribution is 7.09. The minimum Gasteiger partial charge on any atom is -0.328 e. The summed E-state index contributed by atoms with van der Waals surface area (Å²) >= 11 is 1.63. The number of nitrogens with zero attached hydrogens (tertiary/aromatic N) is 3. The van der Waals surface area contributed by atoms with E-state index in [1.807, 2.05) is 28.9 Å². The number of carbonyl (C=O) groups excluding carboxylic acids is 1. The monoisotopic (exact) mass is 331 g/mol. The molecule has 2 aromatic heterocycles. The summed E-state index contributed by atoms with van der Waals surface area (Å²) in [6.45, 7) is 0.803. The van der Waals surface area contributed by atoms with E-state index < -0.39 is 0 Å². The number of H-pyrrole nitrogens is 1. The van der Waals surface area contributed by atoms with Gasteiger partial charge in [0.25, 0.3) is 0 Å². The van der Waals surface area contributed by atoms with Gasteiger partial charge in [-0.3, -0.25) is 5.10 Å². The van der Waals surface area contributed by atoms with Crippen molar-refractivity contribution in [2.45, 2.75) is 44.2 Å². The maximum atomic E-state index is 12.9. The first-order valence-electron chi connectivity index (χ1n) is 8.28. The van der Waals surface area contributed by atoms with Crippen molar-refractivity contribution in [1.82, 2.24) is 25.4 Å². The number of hydrogen-bond acceptors (Lipinski definition) is 4. The summed E-state index contributed by atoms with van der Waals surface area (Å²) in [5.41, 5.74) is 1.09. The van der Waals surface area contributed by atoms with Gasteiger partial charge in [-0.15, -0.1) is 11.3 Å². The molecule has 2 aromatic rings. The van der Waals surface area contributed by atoms with E-state index in [2.05, 4.69) is 20.5 Å². The first-order valence-corrected chi connectivity index (χ1v) is 9.16. The van der Waals surface area contributed by atoms with Crippen LogP contribution >= 0.6 is 11.3 Å². The van der Waals surface area contributed by atoms with Crippen molar-refractivity contribution in [2.24, 2.45) is 5.92 Å². The van der Waals surface area contributed by atoms with Crippen LogP contribution in [-0.2, 0) is 0 Å². The highest BCUT2D eigenvalue weighted by atomic mass is 32.1. The molecule has 0 spiro atoms. The van der Waals surface area contributed by atoms with E-state index in [0.717, 1.165) is 36.4 Å². The van der Waals surface area contributed by atoms with Crippen LogP contribution in [-0.4, -0.2) is 32.7 Å². The molecule has 4 rings (SSSR count). The minimum absolute atomic E-state index is 0.0306. The van der Waals surface area contributed by atoms with E-state index in [-0.39, 0.29) is 18.1 Å². The fraction of sp³-hybridized carbons (Fsp3) is 0.562. The minimum atomic E-state index is 0.0306. The summed E-state index contributed by atoms with van der Waals surface area (Å²) < 4.78 is 0. The van der Waals surface area contributed by atoms with Crippen molar-refractivity contribution in [3.8, 4) is 0 Å². The topological polar surface area (TPSA) is 73.9 Å². The number of carbonyl (C=O) groups is 1. The van der Waals surface area contributed by atoms with E-state index in [0.29, 0.717) is 5.92 Å². The highest BCUT2D eigenvalue weighted by Gasteiger charge is 2.37. The predicted molar refractivity (Wildman–Crippen MR) is 88.0 cm³/mol. The van der Waals surface area contributed by atoms with Gasteiger partial charge >= 0.3 is 6.03 Å². The summed E-state index contributed by atoms with van der Waals surface area (Å²) in [6, 6.07) is 0.219. The zero-order valence-corrected chi connectivity index (χ0v) is 13.8. The molecule has 122 valence electrons. The first kappa shape index (κ1) is 14.7. The lowest BCUT2D eigenvalue weighted by atomic mass is 9.98. The fourth-order valence-corrected chi connectivity index (χ4v) is 4.16. The lowest BCUT2D eigenvalue weighted by molar-refractivity contribution is 0.147. The van der Waals surface area contributed by atoms with Crippen LogP contribution in [0.2, 0.25) is 0 Å². The number of aromatic nitrogens is 3. The summed E-state index contributed by atoms with van der Waals surface area (Å²) in [4.78, 5) is 19.3. The Hall–Kier alpha value is -1.89. The Bertz CT molecular complexity index is 637. The van der Waals surface area contributed by atoms with E-state index >= 15 is 0 Å². The Morgan fingerprint density at radius 2 is 2.30 bits per heavy atom. The van der Waals surface area contributed by atoms with Crippen LogP contribution in [0.4, 0.5) is 4.79 Å². The molecule has 1 aliphatic carbocycles. The summed E-state index contributed by atoms with van der Waals surface area (Å²) in [6.07, 6.45) is 11.1. The lowest BCUT2D eigenvalue weighted by Gasteiger charge is -2.36. The molecule has 0 aromatic carbocycles. The van der Waals surface area contributed by atoms with Crippen molar-refractivity contribution < 1.29 is 4.79 Å². The predicted octanol–water partition coefficient (Wildman–Crippen LogP) is 3.25. The molecule has 6 nitrogen and oxygen atoms in total. The number of hydrogen-bond donors (Lipinski definition) is 2. The Labute approximate surface area is 139 Å². The van der Waals surface area contributed by atoms with Crippen molar-refractivity contribution in [3.05, 3.63) is 34.5 Å². The quantitative estimate of drug-likeness (QED) is 0.903. The molecule has 2 fully saturated rings. The van der Waals surface area contributed by atoms with Crippen LogP contribution < -0.4 is 5.32 Å². The van der Waals surface area contributed by atoms with Gasteiger partial charge in [0, 0.05) is 29.9 Å². The lowest BCUT2D eigenvalue weighted by Crippen LogP contribution is -2.46. The molecule has 2 N–H and O–H groups in total. The molecule has 3 heterocycles. The summed E-state index contributed by atoms with van der Waals surface area (Å²) in [5.74, 6) is 0.544. The van der Waals surface area contributed by atoms with E-state index in [1.54, 1.807) is 11.3 Å². The largest absolute Gasteiger partial charge is 0.328 e. The van der Waals surface area contributed by atoms with Gasteiger partial charge in [0.2, 0.25) is 0 Å². The number of aromatic amines is 1. The van der Waals surface area contributed by atoms with Gasteiger partial charge in [-0.05, 0) is 38.0 Å². The van der Waals surface area contributed by atoms with Gasteiger partial charge in [0.05, 0.1) is 18.3 Å². The van der Waals surface area contributed by atoms with E-state index in [9.17, 15) is 4.79 Å². The summed E-state index contributed by atoms with van der Waals surface area (Å²) in [7, 11) is 0. The number of thiazole rings is 1. The van der Waals surface area contributed by atoms with E-state index in [4.69, 9.17) is 0 Å². The highest BCUT2D eigenvalue weighted by Crippen LogP contribution is 2.42. The number of piperidine rings is 1. The van der Waals surface area contributed by atoms with Crippen molar-refractivity contribution in [1.29, 1.82) is 0 Å². The Kier molecular flexibility index (Phi) is 4.03. The molecule has 1 saturated heterocycles. The van der Waals surface area contributed by atoms with Gasteiger partial charge in [-0.25, -0.2) is 9.78 Å². The number of nitrogens with one attached hydrogen (secondary N) is 2. The van der Waals surface area contributed by atoms with Crippen molar-refractivity contribution in [2.75, 3.05) is 6.54 Å². The van der Waals surface area contributed by atoms with Crippen LogP contribution in [0.1, 0.15) is 54.8 Å². The van der Waals surface area contributed by atoms with Crippen LogP contribution in [0.3, 0.4) is 0 Å². The molecule has 2 amide bonds. The van der Waals surface area contributed by atoms with Crippen LogP contribution in [0.15, 0.2) is 24.0 Å². The second-order valence-corrected chi connectivity index (χ2v) is 7.30. The van der Waals surface area contributed by atoms with Crippen LogP contribution in [0.25, 0.3) is 0 Å². The Balaban J connectivity index is 1.50. The third kappa shape index (κ3) is 3.10. The van der Waals surface area contributed by atoms with Crippen LogP contribution in [0.5, 0.6) is 0 Å². The third-order valence-corrected chi connectivity index (χ3v) is 5.62. The molecule has 7 heteroatoms. The number of likely N-dealkylation sites (tertiary alicyclic amines) is 1. The molecule has 2 aliphatic rings. The average Bonchev–Trinajstić information content (AvgIpc) is 3.06. The number of rotatable bonds is 4. The Morgan fingerprint density at radius 3 is 3.00 bits per heavy atom. The Morgan fingerprint density at radius 1 is 1.39 bits per heavy atom. The second-order valence-electron chi connectivity index (χ2n) is 6.37. The maximum absolute atomic E-state index is 12.9. The molecule has 0 radical (unpaired) electrons. The molecule has 2 atom stereocenters.